The molecule has 5 rings (SSSR count). The molecule has 0 spiro atoms. The molecule has 216 valence electrons. The molecule has 2 aromatic carbocycles. The number of sulfonamides is 1. The van der Waals surface area contributed by atoms with Crippen LogP contribution in [0, 0.1) is 11.8 Å². The molecule has 1 amide bonds. The van der Waals surface area contributed by atoms with E-state index in [4.69, 9.17) is 21.1 Å². The van der Waals surface area contributed by atoms with E-state index in [0.717, 1.165) is 74.3 Å². The summed E-state index contributed by atoms with van der Waals surface area (Å²) in [5.41, 5.74) is 3.42. The molecule has 40 heavy (non-hydrogen) atoms. The molecule has 0 saturated heterocycles. The minimum Gasteiger partial charge on any atom is -0.487 e. The number of nitrogens with one attached hydrogen (secondary N) is 1. The largest absolute Gasteiger partial charge is 0.487 e. The zero-order valence-corrected chi connectivity index (χ0v) is 24.7. The molecule has 1 fully saturated rings. The lowest BCUT2D eigenvalue weighted by molar-refractivity contribution is 0.0134. The average Bonchev–Trinajstić information content (AvgIpc) is 2.94. The van der Waals surface area contributed by atoms with Crippen LogP contribution in [-0.2, 0) is 27.8 Å². The van der Waals surface area contributed by atoms with Gasteiger partial charge in [-0.3, -0.25) is 4.79 Å². The van der Waals surface area contributed by atoms with Gasteiger partial charge in [-0.05, 0) is 105 Å². The number of halogens is 1. The molecule has 0 radical (unpaired) electrons. The first-order valence-corrected chi connectivity index (χ1v) is 16.4. The predicted octanol–water partition coefficient (Wildman–Crippen LogP) is 5.90. The summed E-state index contributed by atoms with van der Waals surface area (Å²) in [6.07, 6.45) is 11.4. The van der Waals surface area contributed by atoms with Gasteiger partial charge in [0.25, 0.3) is 5.91 Å². The van der Waals surface area contributed by atoms with E-state index in [1.807, 2.05) is 18.2 Å². The lowest BCUT2D eigenvalue weighted by atomic mass is 9.70. The zero-order valence-electron chi connectivity index (χ0n) is 23.1. The average molecular weight is 587 g/mol. The Morgan fingerprint density at radius 2 is 1.93 bits per heavy atom. The Balaban J connectivity index is 1.51. The van der Waals surface area contributed by atoms with Gasteiger partial charge in [0.1, 0.15) is 12.4 Å². The molecule has 2 bridgehead atoms. The smallest absolute Gasteiger partial charge is 0.264 e. The molecule has 7 nitrogen and oxygen atoms in total. The van der Waals surface area contributed by atoms with Crippen LogP contribution in [0.3, 0.4) is 0 Å². The maximum atomic E-state index is 13.1. The molecule has 1 N–H and O–H groups in total. The third-order valence-corrected chi connectivity index (χ3v) is 10.0. The van der Waals surface area contributed by atoms with Gasteiger partial charge < -0.3 is 14.4 Å². The van der Waals surface area contributed by atoms with E-state index < -0.39 is 15.9 Å². The van der Waals surface area contributed by atoms with Crippen LogP contribution in [0.5, 0.6) is 5.75 Å². The fourth-order valence-corrected chi connectivity index (χ4v) is 7.33. The van der Waals surface area contributed by atoms with Gasteiger partial charge in [0, 0.05) is 30.8 Å². The summed E-state index contributed by atoms with van der Waals surface area (Å²) in [4.78, 5) is 15.4. The number of benzene rings is 2. The lowest BCUT2D eigenvalue weighted by Crippen LogP contribution is -2.43. The molecule has 1 aliphatic carbocycles. The minimum atomic E-state index is -3.74. The lowest BCUT2D eigenvalue weighted by Gasteiger charge is -2.43. The van der Waals surface area contributed by atoms with Gasteiger partial charge in [-0.1, -0.05) is 29.8 Å². The van der Waals surface area contributed by atoms with E-state index >= 15 is 0 Å². The first kappa shape index (κ1) is 29.0. The molecule has 2 aromatic rings. The highest BCUT2D eigenvalue weighted by atomic mass is 35.5. The number of carbonyl (C=O) groups is 1. The number of hydrogen-bond donors (Lipinski definition) is 1. The highest BCUT2D eigenvalue weighted by Crippen LogP contribution is 2.41. The predicted molar refractivity (Wildman–Crippen MR) is 159 cm³/mol. The standard InChI is InChI=1S/C31H39ClN2O5S/c1-38-29-9-4-2-3-7-17-40(36,37)33-31(35)23-12-15-30-28(19-23)34(20-24-11-14-27(24)29)16-6-5-8-22-18-26(32)13-10-25(22)21-39-30/h4,9-10,12-13,15,18-19,24,27,29H,2-3,5-8,11,14,16-17,20-21H2,1H3,(H,33,35)/b9-4+/t24-,27+,29+/m0/s1. The van der Waals surface area contributed by atoms with E-state index in [-0.39, 0.29) is 11.9 Å². The van der Waals surface area contributed by atoms with Crippen LogP contribution in [0.2, 0.25) is 5.02 Å². The molecule has 0 unspecified atom stereocenters. The molecule has 9 heteroatoms. The monoisotopic (exact) mass is 586 g/mol. The number of aryl methyl sites for hydroxylation is 1. The summed E-state index contributed by atoms with van der Waals surface area (Å²) in [6, 6.07) is 11.2. The number of fused-ring (bicyclic) bond motifs is 3. The Morgan fingerprint density at radius 3 is 2.73 bits per heavy atom. The summed E-state index contributed by atoms with van der Waals surface area (Å²) in [6.45, 7) is 2.00. The van der Waals surface area contributed by atoms with Gasteiger partial charge in [0.2, 0.25) is 10.0 Å². The molecule has 3 aliphatic rings. The normalized spacial score (nSPS) is 26.4. The second-order valence-electron chi connectivity index (χ2n) is 11.2. The Labute approximate surface area is 242 Å². The first-order valence-electron chi connectivity index (χ1n) is 14.4. The number of nitrogens with zero attached hydrogens (tertiary/aromatic N) is 1. The topological polar surface area (TPSA) is 84.9 Å². The van der Waals surface area contributed by atoms with Gasteiger partial charge in [-0.2, -0.15) is 0 Å². The van der Waals surface area contributed by atoms with E-state index in [2.05, 4.69) is 21.8 Å². The number of hydrogen-bond acceptors (Lipinski definition) is 6. The SMILES string of the molecule is CO[C@@H]1/C=C/CCCCS(=O)(=O)NC(=O)c2ccc3c(c2)N(CCCCc2cc(Cl)ccc2CO3)C[C@@H]2CC[C@H]21. The molecular formula is C31H39ClN2O5S. The Kier molecular flexibility index (Phi) is 9.38. The van der Waals surface area contributed by atoms with Crippen LogP contribution in [0.15, 0.2) is 48.6 Å². The Hall–Kier alpha value is -2.55. The molecule has 2 heterocycles. The van der Waals surface area contributed by atoms with Gasteiger partial charge >= 0.3 is 0 Å². The zero-order chi connectivity index (χ0) is 28.1. The van der Waals surface area contributed by atoms with Crippen molar-refractivity contribution in [1.29, 1.82) is 0 Å². The molecule has 2 aliphatic heterocycles. The van der Waals surface area contributed by atoms with Crippen LogP contribution in [0.25, 0.3) is 0 Å². The second-order valence-corrected chi connectivity index (χ2v) is 13.4. The summed E-state index contributed by atoms with van der Waals surface area (Å²) >= 11 is 6.30. The quantitative estimate of drug-likeness (QED) is 0.419. The van der Waals surface area contributed by atoms with Crippen LogP contribution < -0.4 is 14.4 Å². The van der Waals surface area contributed by atoms with Gasteiger partial charge in [0.05, 0.1) is 17.5 Å². The number of carbonyl (C=O) groups excluding carboxylic acids is 1. The fourth-order valence-electron chi connectivity index (χ4n) is 6.05. The van der Waals surface area contributed by atoms with Crippen LogP contribution >= 0.6 is 11.6 Å². The molecule has 1 saturated carbocycles. The van der Waals surface area contributed by atoms with Crippen LogP contribution in [0.1, 0.15) is 66.4 Å². The maximum absolute atomic E-state index is 13.1. The first-order chi connectivity index (χ1) is 19.3. The van der Waals surface area contributed by atoms with Crippen molar-refractivity contribution in [2.24, 2.45) is 11.8 Å². The number of amides is 1. The van der Waals surface area contributed by atoms with Crippen molar-refractivity contribution in [3.8, 4) is 5.75 Å². The third kappa shape index (κ3) is 7.01. The van der Waals surface area contributed by atoms with Crippen molar-refractivity contribution >= 4 is 33.2 Å². The third-order valence-electron chi connectivity index (χ3n) is 8.47. The van der Waals surface area contributed by atoms with Gasteiger partial charge in [-0.15, -0.1) is 0 Å². The van der Waals surface area contributed by atoms with Crippen molar-refractivity contribution in [3.05, 3.63) is 70.3 Å². The van der Waals surface area contributed by atoms with Crippen LogP contribution in [0.4, 0.5) is 5.69 Å². The molecule has 3 atom stereocenters. The minimum absolute atomic E-state index is 0.0339. The highest BCUT2D eigenvalue weighted by molar-refractivity contribution is 7.90. The summed E-state index contributed by atoms with van der Waals surface area (Å²) in [5.74, 6) is 0.838. The van der Waals surface area contributed by atoms with Crippen molar-refractivity contribution in [2.75, 3.05) is 30.9 Å². The highest BCUT2D eigenvalue weighted by Gasteiger charge is 2.37. The summed E-state index contributed by atoms with van der Waals surface area (Å²) in [7, 11) is -1.97. The number of ether oxygens (including phenoxy) is 2. The number of rotatable bonds is 1. The van der Waals surface area contributed by atoms with E-state index in [9.17, 15) is 13.2 Å². The van der Waals surface area contributed by atoms with Crippen molar-refractivity contribution in [2.45, 2.75) is 64.1 Å². The Morgan fingerprint density at radius 1 is 1.05 bits per heavy atom. The number of allylic oxidation sites excluding steroid dienone is 1. The van der Waals surface area contributed by atoms with Gasteiger partial charge in [0.15, 0.2) is 0 Å². The van der Waals surface area contributed by atoms with Crippen molar-refractivity contribution in [3.63, 3.8) is 0 Å². The maximum Gasteiger partial charge on any atom is 0.264 e. The van der Waals surface area contributed by atoms with E-state index in [1.54, 1.807) is 25.3 Å². The van der Waals surface area contributed by atoms with E-state index in [0.29, 0.717) is 36.2 Å². The van der Waals surface area contributed by atoms with Crippen LogP contribution in [-0.4, -0.2) is 46.4 Å². The molecular weight excluding hydrogens is 548 g/mol. The number of methoxy groups -OCH3 is 1. The van der Waals surface area contributed by atoms with Crippen molar-refractivity contribution < 1.29 is 22.7 Å². The van der Waals surface area contributed by atoms with Crippen molar-refractivity contribution in [1.82, 2.24) is 4.72 Å². The fraction of sp³-hybridized carbons (Fsp3) is 0.516. The Bertz CT molecular complexity index is 1350. The molecule has 0 aromatic heterocycles. The summed E-state index contributed by atoms with van der Waals surface area (Å²) in [5, 5.41) is 0.721. The summed E-state index contributed by atoms with van der Waals surface area (Å²) < 4.78 is 39.9. The van der Waals surface area contributed by atoms with E-state index in [1.165, 1.54) is 5.56 Å². The number of anilines is 1. The second kappa shape index (κ2) is 13.0. The van der Waals surface area contributed by atoms with Gasteiger partial charge in [-0.25, -0.2) is 13.1 Å².